The number of nitrogens with zero attached hydrogens (tertiary/aromatic N) is 3. The molecule has 32 heavy (non-hydrogen) atoms. The predicted octanol–water partition coefficient (Wildman–Crippen LogP) is 4.68. The summed E-state index contributed by atoms with van der Waals surface area (Å²) in [5, 5.41) is 4.08. The second-order valence-electron chi connectivity index (χ2n) is 8.53. The van der Waals surface area contributed by atoms with Crippen LogP contribution in [0.3, 0.4) is 0 Å². The van der Waals surface area contributed by atoms with Gasteiger partial charge in [-0.3, -0.25) is 4.79 Å². The van der Waals surface area contributed by atoms with Gasteiger partial charge in [-0.05, 0) is 37.5 Å². The van der Waals surface area contributed by atoms with Crippen molar-refractivity contribution >= 4 is 5.91 Å². The first-order valence-corrected chi connectivity index (χ1v) is 11.2. The number of amides is 1. The lowest BCUT2D eigenvalue weighted by atomic mass is 10.1. The monoisotopic (exact) mass is 433 g/mol. The van der Waals surface area contributed by atoms with Crippen molar-refractivity contribution in [1.29, 1.82) is 0 Å². The molecule has 7 nitrogen and oxygen atoms in total. The Labute approximate surface area is 187 Å². The quantitative estimate of drug-likeness (QED) is 0.539. The molecule has 1 aromatic heterocycles. The molecular weight excluding hydrogens is 406 g/mol. The third-order valence-electron chi connectivity index (χ3n) is 6.21. The highest BCUT2D eigenvalue weighted by Gasteiger charge is 2.27. The summed E-state index contributed by atoms with van der Waals surface area (Å²) >= 11 is 0. The van der Waals surface area contributed by atoms with E-state index < -0.39 is 0 Å². The number of ether oxygens (including phenoxy) is 2. The number of carbonyl (C=O) groups excluding carboxylic acids is 1. The molecule has 1 aliphatic carbocycles. The Hall–Kier alpha value is -3.35. The average Bonchev–Trinajstić information content (AvgIpc) is 3.58. The largest absolute Gasteiger partial charge is 0.454 e. The van der Waals surface area contributed by atoms with Crippen molar-refractivity contribution in [2.45, 2.75) is 58.0 Å². The molecule has 166 valence electrons. The van der Waals surface area contributed by atoms with Crippen molar-refractivity contribution in [2.24, 2.45) is 0 Å². The standard InChI is InChI=1S/C25H27N3O4/c1-17-6-9-19(10-7-17)25-26-23(32-27-25)12-13-24(29)28(20-4-2-3-5-20)15-18-8-11-21-22(14-18)31-16-30-21/h6-11,14,20H,2-5,12-13,15-16H2,1H3. The Kier molecular flexibility index (Phi) is 5.79. The van der Waals surface area contributed by atoms with Crippen molar-refractivity contribution in [3.63, 3.8) is 0 Å². The van der Waals surface area contributed by atoms with E-state index in [9.17, 15) is 4.79 Å². The van der Waals surface area contributed by atoms with E-state index in [1.165, 1.54) is 18.4 Å². The van der Waals surface area contributed by atoms with Gasteiger partial charge in [-0.2, -0.15) is 4.98 Å². The third-order valence-corrected chi connectivity index (χ3v) is 6.21. The van der Waals surface area contributed by atoms with Crippen LogP contribution < -0.4 is 9.47 Å². The van der Waals surface area contributed by atoms with Gasteiger partial charge in [0.25, 0.3) is 0 Å². The molecule has 0 N–H and O–H groups in total. The van der Waals surface area contributed by atoms with Crippen molar-refractivity contribution in [3.8, 4) is 22.9 Å². The van der Waals surface area contributed by atoms with E-state index in [-0.39, 0.29) is 18.7 Å². The summed E-state index contributed by atoms with van der Waals surface area (Å²) in [7, 11) is 0. The number of hydrogen-bond acceptors (Lipinski definition) is 6. The van der Waals surface area contributed by atoms with E-state index in [4.69, 9.17) is 14.0 Å². The molecule has 0 spiro atoms. The molecule has 2 aliphatic rings. The molecule has 2 heterocycles. The minimum atomic E-state index is 0.115. The van der Waals surface area contributed by atoms with Gasteiger partial charge in [0.05, 0.1) is 0 Å². The van der Waals surface area contributed by atoms with E-state index in [1.807, 2.05) is 54.3 Å². The number of carbonyl (C=O) groups is 1. The lowest BCUT2D eigenvalue weighted by molar-refractivity contribution is -0.134. The minimum absolute atomic E-state index is 0.115. The highest BCUT2D eigenvalue weighted by atomic mass is 16.7. The van der Waals surface area contributed by atoms with Crippen LogP contribution in [0.2, 0.25) is 0 Å². The third kappa shape index (κ3) is 4.47. The Morgan fingerprint density at radius 3 is 2.66 bits per heavy atom. The summed E-state index contributed by atoms with van der Waals surface area (Å²) in [5.74, 6) is 2.66. The van der Waals surface area contributed by atoms with Gasteiger partial charge < -0.3 is 18.9 Å². The first-order chi connectivity index (χ1) is 15.7. The van der Waals surface area contributed by atoms with E-state index in [1.54, 1.807) is 0 Å². The molecule has 1 saturated carbocycles. The normalized spacial score (nSPS) is 15.3. The van der Waals surface area contributed by atoms with Gasteiger partial charge in [-0.1, -0.05) is 53.9 Å². The van der Waals surface area contributed by atoms with Crippen LogP contribution in [0.25, 0.3) is 11.4 Å². The number of aromatic nitrogens is 2. The van der Waals surface area contributed by atoms with Crippen LogP contribution in [0.4, 0.5) is 0 Å². The highest BCUT2D eigenvalue weighted by molar-refractivity contribution is 5.76. The van der Waals surface area contributed by atoms with Gasteiger partial charge in [0, 0.05) is 31.0 Å². The molecule has 3 aromatic rings. The van der Waals surface area contributed by atoms with Crippen molar-refractivity contribution in [3.05, 3.63) is 59.5 Å². The summed E-state index contributed by atoms with van der Waals surface area (Å²) in [6.45, 7) is 2.86. The second kappa shape index (κ2) is 9.02. The van der Waals surface area contributed by atoms with Crippen LogP contribution >= 0.6 is 0 Å². The molecule has 0 radical (unpaired) electrons. The molecule has 0 atom stereocenters. The summed E-state index contributed by atoms with van der Waals surface area (Å²) < 4.78 is 16.3. The Balaban J connectivity index is 1.25. The van der Waals surface area contributed by atoms with Crippen molar-refractivity contribution in [1.82, 2.24) is 15.0 Å². The fourth-order valence-electron chi connectivity index (χ4n) is 4.41. The maximum atomic E-state index is 13.2. The molecule has 1 fully saturated rings. The molecule has 0 saturated heterocycles. The van der Waals surface area contributed by atoms with Crippen LogP contribution in [-0.4, -0.2) is 33.8 Å². The molecule has 2 aromatic carbocycles. The molecule has 5 rings (SSSR count). The first-order valence-electron chi connectivity index (χ1n) is 11.2. The average molecular weight is 434 g/mol. The summed E-state index contributed by atoms with van der Waals surface area (Å²) in [4.78, 5) is 19.7. The molecule has 1 aliphatic heterocycles. The number of benzene rings is 2. The molecule has 7 heteroatoms. The molecular formula is C25H27N3O4. The van der Waals surface area contributed by atoms with Crippen LogP contribution in [0.5, 0.6) is 11.5 Å². The smallest absolute Gasteiger partial charge is 0.231 e. The van der Waals surface area contributed by atoms with Crippen LogP contribution in [0, 0.1) is 6.92 Å². The zero-order valence-corrected chi connectivity index (χ0v) is 18.3. The van der Waals surface area contributed by atoms with Gasteiger partial charge in [0.15, 0.2) is 11.5 Å². The van der Waals surface area contributed by atoms with Crippen molar-refractivity contribution < 1.29 is 18.8 Å². The zero-order valence-electron chi connectivity index (χ0n) is 18.3. The SMILES string of the molecule is Cc1ccc(-c2noc(CCC(=O)N(Cc3ccc4c(c3)OCO4)C3CCCC3)n2)cc1. The Bertz CT molecular complexity index is 1090. The predicted molar refractivity (Wildman–Crippen MR) is 118 cm³/mol. The van der Waals surface area contributed by atoms with E-state index in [0.717, 1.165) is 35.5 Å². The van der Waals surface area contributed by atoms with Gasteiger partial charge in [0.2, 0.25) is 24.4 Å². The zero-order chi connectivity index (χ0) is 21.9. The van der Waals surface area contributed by atoms with Crippen molar-refractivity contribution in [2.75, 3.05) is 6.79 Å². The second-order valence-corrected chi connectivity index (χ2v) is 8.53. The Morgan fingerprint density at radius 1 is 1.06 bits per heavy atom. The van der Waals surface area contributed by atoms with Gasteiger partial charge in [0.1, 0.15) is 0 Å². The highest BCUT2D eigenvalue weighted by Crippen LogP contribution is 2.34. The van der Waals surface area contributed by atoms with E-state index in [2.05, 4.69) is 10.1 Å². The molecule has 0 bridgehead atoms. The molecule has 0 unspecified atom stereocenters. The summed E-state index contributed by atoms with van der Waals surface area (Å²) in [6, 6.07) is 14.2. The fourth-order valence-corrected chi connectivity index (χ4v) is 4.41. The number of rotatable bonds is 7. The summed E-state index contributed by atoms with van der Waals surface area (Å²) in [5.41, 5.74) is 3.14. The van der Waals surface area contributed by atoms with Crippen LogP contribution in [0.1, 0.15) is 49.1 Å². The first kappa shape index (κ1) is 20.5. The van der Waals surface area contributed by atoms with E-state index in [0.29, 0.717) is 31.1 Å². The van der Waals surface area contributed by atoms with Crippen LogP contribution in [0.15, 0.2) is 47.0 Å². The number of fused-ring (bicyclic) bond motifs is 1. The van der Waals surface area contributed by atoms with Gasteiger partial charge in [-0.15, -0.1) is 0 Å². The maximum Gasteiger partial charge on any atom is 0.231 e. The Morgan fingerprint density at radius 2 is 1.84 bits per heavy atom. The summed E-state index contributed by atoms with van der Waals surface area (Å²) in [6.07, 6.45) is 5.21. The number of hydrogen-bond donors (Lipinski definition) is 0. The maximum absolute atomic E-state index is 13.2. The van der Waals surface area contributed by atoms with Gasteiger partial charge >= 0.3 is 0 Å². The lowest BCUT2D eigenvalue weighted by Crippen LogP contribution is -2.38. The van der Waals surface area contributed by atoms with Gasteiger partial charge in [-0.25, -0.2) is 0 Å². The van der Waals surface area contributed by atoms with E-state index >= 15 is 0 Å². The fraction of sp³-hybridized carbons (Fsp3) is 0.400. The molecule has 1 amide bonds. The minimum Gasteiger partial charge on any atom is -0.454 e. The topological polar surface area (TPSA) is 77.7 Å². The lowest BCUT2D eigenvalue weighted by Gasteiger charge is -2.29. The van der Waals surface area contributed by atoms with Crippen LogP contribution in [-0.2, 0) is 17.8 Å². The number of aryl methyl sites for hydroxylation is 2.